The van der Waals surface area contributed by atoms with Crippen molar-refractivity contribution in [2.24, 2.45) is 5.92 Å². The van der Waals surface area contributed by atoms with Crippen molar-refractivity contribution < 1.29 is 14.1 Å². The van der Waals surface area contributed by atoms with Crippen LogP contribution in [0.4, 0.5) is 5.69 Å². The average Bonchev–Trinajstić information content (AvgIpc) is 3.55. The number of carbonyl (C=O) groups is 1. The fraction of sp³-hybridized carbons (Fsp3) is 0.346. The minimum absolute atomic E-state index is 0.123. The average molecular weight is 432 g/mol. The molecule has 6 nitrogen and oxygen atoms in total. The molecule has 0 saturated heterocycles. The lowest BCUT2D eigenvalue weighted by Gasteiger charge is -2.16. The number of aromatic nitrogens is 1. The number of benzene rings is 2. The van der Waals surface area contributed by atoms with E-state index in [1.165, 1.54) is 38.2 Å². The topological polar surface area (TPSA) is 88.2 Å². The lowest BCUT2D eigenvalue weighted by Crippen LogP contribution is -2.12. The summed E-state index contributed by atoms with van der Waals surface area (Å²) < 4.78 is 10.9. The molecule has 1 saturated carbocycles. The highest BCUT2D eigenvalue weighted by Gasteiger charge is 2.17. The largest absolute Gasteiger partial charge is 0.489 e. The van der Waals surface area contributed by atoms with Crippen molar-refractivity contribution >= 4 is 18.2 Å². The molecule has 2 N–H and O–H groups in total. The van der Waals surface area contributed by atoms with E-state index in [-0.39, 0.29) is 5.92 Å². The summed E-state index contributed by atoms with van der Waals surface area (Å²) in [4.78, 5) is 11.1. The number of nitrogens with zero attached hydrogens (tertiary/aromatic N) is 1. The Kier molecular flexibility index (Phi) is 7.33. The van der Waals surface area contributed by atoms with E-state index in [4.69, 9.17) is 14.7 Å². The van der Waals surface area contributed by atoms with Gasteiger partial charge in [0.1, 0.15) is 24.9 Å². The van der Waals surface area contributed by atoms with E-state index >= 15 is 0 Å². The van der Waals surface area contributed by atoms with E-state index in [2.05, 4.69) is 16.5 Å². The van der Waals surface area contributed by atoms with Gasteiger partial charge in [-0.15, -0.1) is 0 Å². The zero-order valence-corrected chi connectivity index (χ0v) is 18.1. The van der Waals surface area contributed by atoms with Crippen molar-refractivity contribution in [2.45, 2.75) is 44.6 Å². The van der Waals surface area contributed by atoms with Gasteiger partial charge < -0.3 is 24.8 Å². The van der Waals surface area contributed by atoms with E-state index in [0.29, 0.717) is 13.0 Å². The standard InChI is InChI=1S/C26H29N3O3/c27-16-22-6-5-20(15-26(22)28-17-19-3-1-2-4-19)18-31-23-9-7-21(8-10-23)24(11-13-30)25-12-14-32-29-25/h5-10,12-16,19,24,27-28H,1-4,11,17-18H2/t24-/m0/s1. The lowest BCUT2D eigenvalue weighted by atomic mass is 9.93. The first kappa shape index (κ1) is 21.8. The van der Waals surface area contributed by atoms with Gasteiger partial charge in [0.15, 0.2) is 0 Å². The second-order valence-electron chi connectivity index (χ2n) is 8.33. The minimum Gasteiger partial charge on any atom is -0.489 e. The van der Waals surface area contributed by atoms with Crippen LogP contribution < -0.4 is 10.1 Å². The van der Waals surface area contributed by atoms with Gasteiger partial charge in [-0.25, -0.2) is 0 Å². The second-order valence-corrected chi connectivity index (χ2v) is 8.33. The van der Waals surface area contributed by atoms with Crippen LogP contribution in [0.1, 0.15) is 60.4 Å². The summed E-state index contributed by atoms with van der Waals surface area (Å²) in [5.74, 6) is 1.37. The third kappa shape index (κ3) is 5.44. The summed E-state index contributed by atoms with van der Waals surface area (Å²) in [7, 11) is 0. The zero-order chi connectivity index (χ0) is 22.2. The number of nitrogens with one attached hydrogen (secondary N) is 2. The van der Waals surface area contributed by atoms with E-state index in [0.717, 1.165) is 52.6 Å². The highest BCUT2D eigenvalue weighted by molar-refractivity contribution is 5.86. The maximum atomic E-state index is 11.1. The Morgan fingerprint density at radius 2 is 1.97 bits per heavy atom. The predicted molar refractivity (Wildman–Crippen MR) is 125 cm³/mol. The monoisotopic (exact) mass is 431 g/mol. The van der Waals surface area contributed by atoms with Crippen LogP contribution in [0.3, 0.4) is 0 Å². The van der Waals surface area contributed by atoms with Crippen molar-refractivity contribution in [3.8, 4) is 5.75 Å². The van der Waals surface area contributed by atoms with Crippen molar-refractivity contribution in [1.82, 2.24) is 5.16 Å². The smallest absolute Gasteiger partial charge is 0.124 e. The van der Waals surface area contributed by atoms with Crippen LogP contribution in [-0.4, -0.2) is 24.2 Å². The molecule has 1 aromatic heterocycles. The Bertz CT molecular complexity index is 1010. The fourth-order valence-electron chi connectivity index (χ4n) is 4.33. The number of ether oxygens (including phenoxy) is 1. The number of aldehydes is 1. The first-order chi connectivity index (χ1) is 15.8. The van der Waals surface area contributed by atoms with Crippen molar-refractivity contribution in [3.05, 3.63) is 77.2 Å². The summed E-state index contributed by atoms with van der Waals surface area (Å²) >= 11 is 0. The van der Waals surface area contributed by atoms with Crippen molar-refractivity contribution in [3.63, 3.8) is 0 Å². The molecular formula is C26H29N3O3. The van der Waals surface area contributed by atoms with Gasteiger partial charge in [0.25, 0.3) is 0 Å². The highest BCUT2D eigenvalue weighted by atomic mass is 16.5. The summed E-state index contributed by atoms with van der Waals surface area (Å²) in [6.07, 6.45) is 9.39. The molecule has 0 radical (unpaired) electrons. The minimum atomic E-state index is -0.123. The molecule has 6 heteroatoms. The first-order valence-corrected chi connectivity index (χ1v) is 11.2. The second kappa shape index (κ2) is 10.8. The van der Waals surface area contributed by atoms with E-state index < -0.39 is 0 Å². The molecule has 2 aromatic carbocycles. The molecule has 0 bridgehead atoms. The summed E-state index contributed by atoms with van der Waals surface area (Å²) in [6, 6.07) is 15.6. The van der Waals surface area contributed by atoms with Gasteiger partial charge in [-0.05, 0) is 48.1 Å². The van der Waals surface area contributed by atoms with Crippen LogP contribution in [-0.2, 0) is 11.4 Å². The van der Waals surface area contributed by atoms with Crippen LogP contribution >= 0.6 is 0 Å². The lowest BCUT2D eigenvalue weighted by molar-refractivity contribution is -0.108. The molecule has 4 rings (SSSR count). The van der Waals surface area contributed by atoms with Gasteiger partial charge in [0.2, 0.25) is 0 Å². The number of rotatable bonds is 11. The number of hydrogen-bond donors (Lipinski definition) is 2. The quantitative estimate of drug-likeness (QED) is 0.306. The summed E-state index contributed by atoms with van der Waals surface area (Å²) in [5.41, 5.74) is 4.68. The van der Waals surface area contributed by atoms with E-state index in [1.807, 2.05) is 36.4 Å². The number of anilines is 1. The van der Waals surface area contributed by atoms with Gasteiger partial charge in [-0.2, -0.15) is 0 Å². The molecule has 1 heterocycles. The summed E-state index contributed by atoms with van der Waals surface area (Å²) in [5, 5.41) is 15.2. The predicted octanol–water partition coefficient (Wildman–Crippen LogP) is 5.57. The Hall–Kier alpha value is -3.41. The van der Waals surface area contributed by atoms with Gasteiger partial charge in [0.05, 0.1) is 5.69 Å². The van der Waals surface area contributed by atoms with Crippen LogP contribution in [0.5, 0.6) is 5.75 Å². The Morgan fingerprint density at radius 1 is 1.16 bits per heavy atom. The molecule has 0 unspecified atom stereocenters. The maximum absolute atomic E-state index is 11.1. The number of carbonyl (C=O) groups excluding carboxylic acids is 1. The van der Waals surface area contributed by atoms with E-state index in [1.54, 1.807) is 6.07 Å². The third-order valence-electron chi connectivity index (χ3n) is 6.16. The zero-order valence-electron chi connectivity index (χ0n) is 18.1. The molecule has 0 aliphatic heterocycles. The fourth-order valence-corrected chi connectivity index (χ4v) is 4.33. The molecule has 0 amide bonds. The normalized spacial score (nSPS) is 14.8. The van der Waals surface area contributed by atoms with Gasteiger partial charge >= 0.3 is 0 Å². The van der Waals surface area contributed by atoms with Crippen molar-refractivity contribution in [2.75, 3.05) is 11.9 Å². The Balaban J connectivity index is 1.39. The van der Waals surface area contributed by atoms with Crippen molar-refractivity contribution in [1.29, 1.82) is 5.41 Å². The molecule has 1 atom stereocenters. The molecule has 32 heavy (non-hydrogen) atoms. The van der Waals surface area contributed by atoms with Gasteiger partial charge in [0, 0.05) is 42.4 Å². The van der Waals surface area contributed by atoms with Crippen LogP contribution in [0.25, 0.3) is 0 Å². The molecule has 166 valence electrons. The SMILES string of the molecule is N=Cc1ccc(COc2ccc([C@H](CC=O)c3ccon3)cc2)cc1NCC1CCCC1. The maximum Gasteiger partial charge on any atom is 0.124 e. The Labute approximate surface area is 188 Å². The van der Waals surface area contributed by atoms with Crippen LogP contribution in [0.15, 0.2) is 59.3 Å². The van der Waals surface area contributed by atoms with Gasteiger partial charge in [-0.3, -0.25) is 0 Å². The van der Waals surface area contributed by atoms with E-state index in [9.17, 15) is 4.79 Å². The van der Waals surface area contributed by atoms with Gasteiger partial charge in [-0.1, -0.05) is 42.3 Å². The first-order valence-electron chi connectivity index (χ1n) is 11.2. The highest BCUT2D eigenvalue weighted by Crippen LogP contribution is 2.28. The van der Waals surface area contributed by atoms with Crippen LogP contribution in [0.2, 0.25) is 0 Å². The molecule has 3 aromatic rings. The molecule has 1 fully saturated rings. The summed E-state index contributed by atoms with van der Waals surface area (Å²) in [6.45, 7) is 1.40. The Morgan fingerprint density at radius 3 is 2.66 bits per heavy atom. The molecule has 1 aliphatic carbocycles. The third-order valence-corrected chi connectivity index (χ3v) is 6.16. The molecule has 1 aliphatic rings. The molecule has 0 spiro atoms. The molecular weight excluding hydrogens is 402 g/mol. The van der Waals surface area contributed by atoms with Crippen LogP contribution in [0, 0.1) is 11.3 Å². The number of hydrogen-bond acceptors (Lipinski definition) is 6.